The predicted molar refractivity (Wildman–Crippen MR) is 131 cm³/mol. The normalized spacial score (nSPS) is 11.2. The van der Waals surface area contributed by atoms with Gasteiger partial charge in [-0.25, -0.2) is 8.42 Å². The van der Waals surface area contributed by atoms with Gasteiger partial charge in [-0.15, -0.1) is 11.8 Å². The number of amides is 1. The summed E-state index contributed by atoms with van der Waals surface area (Å²) in [6.45, 7) is 3.58. The second-order valence-corrected chi connectivity index (χ2v) is 10.9. The van der Waals surface area contributed by atoms with Gasteiger partial charge in [0.2, 0.25) is 5.91 Å². The van der Waals surface area contributed by atoms with Crippen LogP contribution in [0.1, 0.15) is 12.5 Å². The fourth-order valence-electron chi connectivity index (χ4n) is 2.93. The van der Waals surface area contributed by atoms with E-state index in [4.69, 9.17) is 0 Å². The second kappa shape index (κ2) is 10.3. The van der Waals surface area contributed by atoms with Crippen LogP contribution in [0.15, 0.2) is 87.1 Å². The standard InChI is InChI=1S/C23H23BrN2O3S2/c1-3-30-22-7-5-4-6-21(22)25-23(27)16-26(19-12-10-18(24)11-13-19)31(28,29)20-14-8-17(2)9-15-20/h4-15H,3,16H2,1-2H3,(H,25,27). The van der Waals surface area contributed by atoms with Gasteiger partial charge in [-0.3, -0.25) is 9.10 Å². The number of sulfonamides is 1. The summed E-state index contributed by atoms with van der Waals surface area (Å²) in [5, 5.41) is 2.86. The van der Waals surface area contributed by atoms with Gasteiger partial charge in [-0.2, -0.15) is 0 Å². The average molecular weight is 519 g/mol. The number of aryl methyl sites for hydroxylation is 1. The van der Waals surface area contributed by atoms with Gasteiger partial charge in [0.1, 0.15) is 6.54 Å². The lowest BCUT2D eigenvalue weighted by Gasteiger charge is -2.24. The number of halogens is 1. The molecule has 0 fully saturated rings. The molecule has 3 aromatic carbocycles. The van der Waals surface area contributed by atoms with Gasteiger partial charge in [0.25, 0.3) is 10.0 Å². The molecule has 0 spiro atoms. The molecular formula is C23H23BrN2O3S2. The predicted octanol–water partition coefficient (Wildman–Crippen LogP) is 5.70. The summed E-state index contributed by atoms with van der Waals surface area (Å²) in [6.07, 6.45) is 0. The number of nitrogens with zero attached hydrogens (tertiary/aromatic N) is 1. The first kappa shape index (κ1) is 23.4. The summed E-state index contributed by atoms with van der Waals surface area (Å²) in [5.74, 6) is 0.447. The van der Waals surface area contributed by atoms with Crippen LogP contribution in [0, 0.1) is 6.92 Å². The SMILES string of the molecule is CCSc1ccccc1NC(=O)CN(c1ccc(Br)cc1)S(=O)(=O)c1ccc(C)cc1. The Hall–Kier alpha value is -2.29. The van der Waals surface area contributed by atoms with Crippen LogP contribution in [0.2, 0.25) is 0 Å². The van der Waals surface area contributed by atoms with E-state index in [-0.39, 0.29) is 11.4 Å². The highest BCUT2D eigenvalue weighted by atomic mass is 79.9. The van der Waals surface area contributed by atoms with E-state index < -0.39 is 15.9 Å². The third-order valence-corrected chi connectivity index (χ3v) is 7.74. The number of para-hydroxylation sites is 1. The first-order chi connectivity index (χ1) is 14.8. The van der Waals surface area contributed by atoms with Crippen molar-refractivity contribution in [2.24, 2.45) is 0 Å². The molecule has 3 aromatic rings. The molecular weight excluding hydrogens is 496 g/mol. The zero-order valence-corrected chi connectivity index (χ0v) is 20.4. The van der Waals surface area contributed by atoms with E-state index in [9.17, 15) is 13.2 Å². The molecule has 1 amide bonds. The van der Waals surface area contributed by atoms with Crippen molar-refractivity contribution in [1.29, 1.82) is 0 Å². The van der Waals surface area contributed by atoms with Crippen LogP contribution in [0.25, 0.3) is 0 Å². The molecule has 3 rings (SSSR count). The lowest BCUT2D eigenvalue weighted by molar-refractivity contribution is -0.114. The van der Waals surface area contributed by atoms with E-state index in [1.807, 2.05) is 38.1 Å². The van der Waals surface area contributed by atoms with Crippen molar-refractivity contribution in [3.63, 3.8) is 0 Å². The maximum atomic E-state index is 13.4. The van der Waals surface area contributed by atoms with Crippen LogP contribution in [0.4, 0.5) is 11.4 Å². The molecule has 0 saturated carbocycles. The molecule has 5 nitrogen and oxygen atoms in total. The Bertz CT molecular complexity index is 1150. The number of hydrogen-bond donors (Lipinski definition) is 1. The van der Waals surface area contributed by atoms with Gasteiger partial charge in [-0.1, -0.05) is 52.7 Å². The lowest BCUT2D eigenvalue weighted by Crippen LogP contribution is -2.38. The number of thioether (sulfide) groups is 1. The Kier molecular flexibility index (Phi) is 7.80. The molecule has 8 heteroatoms. The van der Waals surface area contributed by atoms with Gasteiger partial charge in [0, 0.05) is 9.37 Å². The van der Waals surface area contributed by atoms with E-state index in [1.165, 1.54) is 0 Å². The Morgan fingerprint density at radius 3 is 2.29 bits per heavy atom. The molecule has 0 aliphatic rings. The second-order valence-electron chi connectivity index (χ2n) is 6.78. The van der Waals surface area contributed by atoms with E-state index >= 15 is 0 Å². The van der Waals surface area contributed by atoms with Gasteiger partial charge in [0.05, 0.1) is 16.3 Å². The van der Waals surface area contributed by atoms with Crippen molar-refractivity contribution < 1.29 is 13.2 Å². The highest BCUT2D eigenvalue weighted by molar-refractivity contribution is 9.10. The van der Waals surface area contributed by atoms with Crippen LogP contribution in [-0.2, 0) is 14.8 Å². The summed E-state index contributed by atoms with van der Waals surface area (Å²) < 4.78 is 28.8. The van der Waals surface area contributed by atoms with Crippen molar-refractivity contribution >= 4 is 55.0 Å². The first-order valence-corrected chi connectivity index (χ1v) is 12.9. The first-order valence-electron chi connectivity index (χ1n) is 9.68. The number of carbonyl (C=O) groups excluding carboxylic acids is 1. The molecule has 0 radical (unpaired) electrons. The number of nitrogens with one attached hydrogen (secondary N) is 1. The van der Waals surface area contributed by atoms with E-state index in [1.54, 1.807) is 60.3 Å². The third-order valence-electron chi connectivity index (χ3n) is 4.47. The van der Waals surface area contributed by atoms with Crippen molar-refractivity contribution in [3.05, 3.63) is 82.8 Å². The highest BCUT2D eigenvalue weighted by Crippen LogP contribution is 2.28. The molecule has 0 saturated heterocycles. The van der Waals surface area contributed by atoms with E-state index in [2.05, 4.69) is 21.2 Å². The minimum Gasteiger partial charge on any atom is -0.323 e. The Morgan fingerprint density at radius 1 is 1.00 bits per heavy atom. The molecule has 0 bridgehead atoms. The number of hydrogen-bond acceptors (Lipinski definition) is 4. The molecule has 0 unspecified atom stereocenters. The van der Waals surface area contributed by atoms with E-state index in [0.717, 1.165) is 25.0 Å². The largest absolute Gasteiger partial charge is 0.323 e. The Balaban J connectivity index is 1.93. The number of carbonyl (C=O) groups is 1. The summed E-state index contributed by atoms with van der Waals surface area (Å²) in [5.41, 5.74) is 2.04. The smallest absolute Gasteiger partial charge is 0.264 e. The van der Waals surface area contributed by atoms with Crippen molar-refractivity contribution in [1.82, 2.24) is 0 Å². The molecule has 162 valence electrons. The van der Waals surface area contributed by atoms with Crippen molar-refractivity contribution in [2.45, 2.75) is 23.6 Å². The van der Waals surface area contributed by atoms with E-state index in [0.29, 0.717) is 11.4 Å². The monoisotopic (exact) mass is 518 g/mol. The fraction of sp³-hybridized carbons (Fsp3) is 0.174. The van der Waals surface area contributed by atoms with Crippen molar-refractivity contribution in [2.75, 3.05) is 21.9 Å². The molecule has 0 atom stereocenters. The quantitative estimate of drug-likeness (QED) is 0.388. The maximum absolute atomic E-state index is 13.4. The summed E-state index contributed by atoms with van der Waals surface area (Å²) in [6, 6.07) is 20.9. The highest BCUT2D eigenvalue weighted by Gasteiger charge is 2.27. The third kappa shape index (κ3) is 5.90. The lowest BCUT2D eigenvalue weighted by atomic mass is 10.2. The summed E-state index contributed by atoms with van der Waals surface area (Å²) in [4.78, 5) is 14.0. The van der Waals surface area contributed by atoms with Crippen LogP contribution < -0.4 is 9.62 Å². The Morgan fingerprint density at radius 2 is 1.65 bits per heavy atom. The number of rotatable bonds is 8. The van der Waals surface area contributed by atoms with Gasteiger partial charge >= 0.3 is 0 Å². The molecule has 0 aliphatic carbocycles. The molecule has 31 heavy (non-hydrogen) atoms. The van der Waals surface area contributed by atoms with Crippen LogP contribution >= 0.6 is 27.7 Å². The van der Waals surface area contributed by atoms with Gasteiger partial charge in [0.15, 0.2) is 0 Å². The zero-order chi connectivity index (χ0) is 22.4. The van der Waals surface area contributed by atoms with Crippen LogP contribution in [0.3, 0.4) is 0 Å². The molecule has 0 aliphatic heterocycles. The van der Waals surface area contributed by atoms with Gasteiger partial charge < -0.3 is 5.32 Å². The van der Waals surface area contributed by atoms with Gasteiger partial charge in [-0.05, 0) is 61.2 Å². The molecule has 1 N–H and O–H groups in total. The zero-order valence-electron chi connectivity index (χ0n) is 17.2. The number of anilines is 2. The van der Waals surface area contributed by atoms with Crippen LogP contribution in [-0.4, -0.2) is 26.6 Å². The summed E-state index contributed by atoms with van der Waals surface area (Å²) in [7, 11) is -3.94. The fourth-order valence-corrected chi connectivity index (χ4v) is 5.38. The topological polar surface area (TPSA) is 66.5 Å². The van der Waals surface area contributed by atoms with Crippen molar-refractivity contribution in [3.8, 4) is 0 Å². The number of benzene rings is 3. The average Bonchev–Trinajstić information content (AvgIpc) is 2.75. The maximum Gasteiger partial charge on any atom is 0.264 e. The Labute approximate surface area is 196 Å². The minimum absolute atomic E-state index is 0.135. The molecule has 0 heterocycles. The van der Waals surface area contributed by atoms with Crippen LogP contribution in [0.5, 0.6) is 0 Å². The minimum atomic E-state index is -3.94. The molecule has 0 aromatic heterocycles. The summed E-state index contributed by atoms with van der Waals surface area (Å²) >= 11 is 4.98.